The number of nitrogens with zero attached hydrogens (tertiary/aromatic N) is 1. The molecule has 0 spiro atoms. The molecule has 3 nitrogen and oxygen atoms in total. The van der Waals surface area contributed by atoms with E-state index in [-0.39, 0.29) is 6.10 Å². The summed E-state index contributed by atoms with van der Waals surface area (Å²) in [4.78, 5) is 4.70. The predicted octanol–water partition coefficient (Wildman–Crippen LogP) is 3.37. The lowest BCUT2D eigenvalue weighted by Gasteiger charge is -2.31. The van der Waals surface area contributed by atoms with Gasteiger partial charge in [0, 0.05) is 6.20 Å². The smallest absolute Gasteiger partial charge is 0.224 e. The van der Waals surface area contributed by atoms with Crippen molar-refractivity contribution in [3.63, 3.8) is 0 Å². The minimum absolute atomic E-state index is 0.251. The lowest BCUT2D eigenvalue weighted by atomic mass is 9.85. The molecular weight excluding hydrogens is 256 g/mol. The monoisotopic (exact) mass is 278 g/mol. The summed E-state index contributed by atoms with van der Waals surface area (Å²) in [5, 5.41) is 0. The molecular formula is C15H22N2OS. The average Bonchev–Trinajstić information content (AvgIpc) is 2.39. The zero-order chi connectivity index (χ0) is 13.8. The van der Waals surface area contributed by atoms with Crippen LogP contribution >= 0.6 is 12.2 Å². The van der Waals surface area contributed by atoms with Crippen molar-refractivity contribution in [1.29, 1.82) is 0 Å². The van der Waals surface area contributed by atoms with Gasteiger partial charge in [-0.15, -0.1) is 0 Å². The number of aryl methyl sites for hydroxylation is 1. The molecule has 1 heterocycles. The Morgan fingerprint density at radius 1 is 1.47 bits per heavy atom. The average molecular weight is 278 g/mol. The zero-order valence-corrected chi connectivity index (χ0v) is 12.5. The van der Waals surface area contributed by atoms with Crippen LogP contribution in [0.5, 0.6) is 5.88 Å². The summed E-state index contributed by atoms with van der Waals surface area (Å²) in [6.07, 6.45) is 8.05. The van der Waals surface area contributed by atoms with Crippen molar-refractivity contribution in [2.75, 3.05) is 0 Å². The van der Waals surface area contributed by atoms with Gasteiger partial charge in [-0.25, -0.2) is 4.98 Å². The second-order valence-corrected chi connectivity index (χ2v) is 5.72. The van der Waals surface area contributed by atoms with Crippen molar-refractivity contribution in [1.82, 2.24) is 4.98 Å². The number of thiocarbonyl (C=S) groups is 1. The molecule has 19 heavy (non-hydrogen) atoms. The van der Waals surface area contributed by atoms with Gasteiger partial charge in [0.1, 0.15) is 11.1 Å². The van der Waals surface area contributed by atoms with E-state index in [0.29, 0.717) is 16.8 Å². The van der Waals surface area contributed by atoms with E-state index in [2.05, 4.69) is 11.9 Å². The Morgan fingerprint density at radius 2 is 2.21 bits per heavy atom. The van der Waals surface area contributed by atoms with Gasteiger partial charge < -0.3 is 10.5 Å². The summed E-state index contributed by atoms with van der Waals surface area (Å²) in [6, 6.07) is 1.92. The Bertz CT molecular complexity index is 461. The first-order chi connectivity index (χ1) is 9.13. The zero-order valence-electron chi connectivity index (χ0n) is 11.7. The van der Waals surface area contributed by atoms with Crippen LogP contribution in [-0.2, 0) is 0 Å². The third-order valence-electron chi connectivity index (χ3n) is 4.00. The summed E-state index contributed by atoms with van der Waals surface area (Å²) < 4.78 is 6.15. The van der Waals surface area contributed by atoms with Crippen LogP contribution in [0.25, 0.3) is 0 Å². The van der Waals surface area contributed by atoms with Crippen LogP contribution in [-0.4, -0.2) is 16.1 Å². The maximum absolute atomic E-state index is 6.15. The van der Waals surface area contributed by atoms with Gasteiger partial charge in [0.25, 0.3) is 0 Å². The van der Waals surface area contributed by atoms with Crippen molar-refractivity contribution in [3.05, 3.63) is 23.4 Å². The van der Waals surface area contributed by atoms with E-state index in [1.165, 1.54) is 19.3 Å². The van der Waals surface area contributed by atoms with Gasteiger partial charge in [-0.3, -0.25) is 0 Å². The van der Waals surface area contributed by atoms with Crippen LogP contribution in [0, 0.1) is 12.8 Å². The van der Waals surface area contributed by atoms with E-state index in [0.717, 1.165) is 24.0 Å². The molecule has 1 saturated carbocycles. The molecule has 0 aliphatic heterocycles. The number of hydrogen-bond donors (Lipinski definition) is 1. The number of ether oxygens (including phenoxy) is 1. The summed E-state index contributed by atoms with van der Waals surface area (Å²) in [6.45, 7) is 4.21. The molecule has 1 fully saturated rings. The molecule has 2 atom stereocenters. The van der Waals surface area contributed by atoms with E-state index < -0.39 is 0 Å². The first kappa shape index (κ1) is 14.3. The van der Waals surface area contributed by atoms with Crippen LogP contribution < -0.4 is 10.5 Å². The molecule has 2 unspecified atom stereocenters. The highest BCUT2D eigenvalue weighted by atomic mass is 32.1. The van der Waals surface area contributed by atoms with Gasteiger partial charge in [-0.2, -0.15) is 0 Å². The number of nitrogens with two attached hydrogens (primary N) is 1. The molecule has 2 rings (SSSR count). The first-order valence-corrected chi connectivity index (χ1v) is 7.46. The molecule has 1 aliphatic rings. The molecule has 0 bridgehead atoms. The molecule has 0 radical (unpaired) electrons. The lowest BCUT2D eigenvalue weighted by Crippen LogP contribution is -2.31. The SMILES string of the molecule is CCC1CCCCC1Oc1nccc(C)c1C(N)=S. The van der Waals surface area contributed by atoms with Gasteiger partial charge in [0.05, 0.1) is 5.56 Å². The fourth-order valence-corrected chi connectivity index (χ4v) is 3.11. The largest absolute Gasteiger partial charge is 0.474 e. The molecule has 2 N–H and O–H groups in total. The summed E-state index contributed by atoms with van der Waals surface area (Å²) in [5.41, 5.74) is 7.62. The summed E-state index contributed by atoms with van der Waals surface area (Å²) in [7, 11) is 0. The minimum Gasteiger partial charge on any atom is -0.474 e. The van der Waals surface area contributed by atoms with Crippen LogP contribution in [0.1, 0.15) is 50.2 Å². The molecule has 0 amide bonds. The number of rotatable bonds is 4. The maximum atomic E-state index is 6.15. The normalized spacial score (nSPS) is 23.1. The second-order valence-electron chi connectivity index (χ2n) is 5.28. The van der Waals surface area contributed by atoms with Gasteiger partial charge in [0.2, 0.25) is 5.88 Å². The van der Waals surface area contributed by atoms with Crippen molar-refractivity contribution >= 4 is 17.2 Å². The van der Waals surface area contributed by atoms with E-state index in [9.17, 15) is 0 Å². The van der Waals surface area contributed by atoms with Crippen LogP contribution in [0.2, 0.25) is 0 Å². The highest BCUT2D eigenvalue weighted by Gasteiger charge is 2.26. The van der Waals surface area contributed by atoms with Crippen LogP contribution in [0.15, 0.2) is 12.3 Å². The second kappa shape index (κ2) is 6.33. The third-order valence-corrected chi connectivity index (χ3v) is 4.20. The molecule has 0 saturated heterocycles. The Kier molecular flexibility index (Phi) is 4.75. The van der Waals surface area contributed by atoms with Crippen molar-refractivity contribution in [2.24, 2.45) is 11.7 Å². The highest BCUT2D eigenvalue weighted by Crippen LogP contribution is 2.31. The fourth-order valence-electron chi connectivity index (χ4n) is 2.86. The maximum Gasteiger partial charge on any atom is 0.224 e. The Balaban J connectivity index is 2.22. The van der Waals surface area contributed by atoms with E-state index in [1.54, 1.807) is 6.20 Å². The third kappa shape index (κ3) is 3.24. The standard InChI is InChI=1S/C15H22N2OS/c1-3-11-6-4-5-7-12(11)18-15-13(14(16)19)10(2)8-9-17-15/h8-9,11-12H,3-7H2,1-2H3,(H2,16,19). The van der Waals surface area contributed by atoms with Crippen molar-refractivity contribution in [2.45, 2.75) is 52.1 Å². The lowest BCUT2D eigenvalue weighted by molar-refractivity contribution is 0.0856. The predicted molar refractivity (Wildman–Crippen MR) is 81.5 cm³/mol. The summed E-state index contributed by atoms with van der Waals surface area (Å²) >= 11 is 5.12. The van der Waals surface area contributed by atoms with Gasteiger partial charge >= 0.3 is 0 Å². The van der Waals surface area contributed by atoms with Crippen molar-refractivity contribution < 1.29 is 4.74 Å². The van der Waals surface area contributed by atoms with Gasteiger partial charge in [-0.05, 0) is 50.2 Å². The quantitative estimate of drug-likeness (QED) is 0.858. The fraction of sp³-hybridized carbons (Fsp3) is 0.600. The molecule has 0 aromatic carbocycles. The van der Waals surface area contributed by atoms with Gasteiger partial charge in [0.15, 0.2) is 0 Å². The number of aromatic nitrogens is 1. The number of hydrogen-bond acceptors (Lipinski definition) is 3. The first-order valence-electron chi connectivity index (χ1n) is 7.05. The van der Waals surface area contributed by atoms with E-state index in [4.69, 9.17) is 22.7 Å². The topological polar surface area (TPSA) is 48.1 Å². The summed E-state index contributed by atoms with van der Waals surface area (Å²) in [5.74, 6) is 1.23. The molecule has 4 heteroatoms. The molecule has 1 aromatic heterocycles. The Labute approximate surface area is 120 Å². The van der Waals surface area contributed by atoms with Gasteiger partial charge in [-0.1, -0.05) is 25.6 Å². The molecule has 1 aromatic rings. The molecule has 1 aliphatic carbocycles. The highest BCUT2D eigenvalue weighted by molar-refractivity contribution is 7.80. The number of pyridine rings is 1. The van der Waals surface area contributed by atoms with E-state index >= 15 is 0 Å². The Morgan fingerprint density at radius 3 is 2.89 bits per heavy atom. The Hall–Kier alpha value is -1.16. The van der Waals surface area contributed by atoms with E-state index in [1.807, 2.05) is 13.0 Å². The molecule has 104 valence electrons. The van der Waals surface area contributed by atoms with Crippen LogP contribution in [0.3, 0.4) is 0 Å². The minimum atomic E-state index is 0.251. The van der Waals surface area contributed by atoms with Crippen molar-refractivity contribution in [3.8, 4) is 5.88 Å². The van der Waals surface area contributed by atoms with Crippen LogP contribution in [0.4, 0.5) is 0 Å².